The van der Waals surface area contributed by atoms with Gasteiger partial charge in [-0.1, -0.05) is 5.11 Å². The number of ketones is 1. The van der Waals surface area contributed by atoms with Crippen molar-refractivity contribution in [2.75, 3.05) is 33.7 Å². The van der Waals surface area contributed by atoms with Crippen molar-refractivity contribution in [1.82, 2.24) is 10.2 Å². The number of hydrogen-bond acceptors (Lipinski definition) is 4. The van der Waals surface area contributed by atoms with Crippen molar-refractivity contribution in [2.24, 2.45) is 5.11 Å². The Bertz CT molecular complexity index is 299. The number of nitrogens with zero attached hydrogens (tertiary/aromatic N) is 4. The Hall–Kier alpha value is -1.59. The average molecular weight is 241 g/mol. The zero-order valence-electron chi connectivity index (χ0n) is 10.3. The van der Waals surface area contributed by atoms with Crippen LogP contribution in [0.2, 0.25) is 0 Å². The van der Waals surface area contributed by atoms with Gasteiger partial charge >= 0.3 is 0 Å². The second kappa shape index (κ2) is 9.62. The molecule has 0 rings (SSSR count). The van der Waals surface area contributed by atoms with Gasteiger partial charge in [-0.3, -0.25) is 9.59 Å². The molecule has 0 aliphatic heterocycles. The van der Waals surface area contributed by atoms with E-state index < -0.39 is 0 Å². The number of likely N-dealkylation sites (N-methyl/N-ethyl adjacent to an activating group) is 2. The van der Waals surface area contributed by atoms with Crippen LogP contribution in [0.25, 0.3) is 10.4 Å². The molecule has 0 bridgehead atoms. The molecule has 96 valence electrons. The zero-order valence-corrected chi connectivity index (χ0v) is 10.3. The predicted octanol–water partition coefficient (Wildman–Crippen LogP) is 0.714. The summed E-state index contributed by atoms with van der Waals surface area (Å²) >= 11 is 0. The summed E-state index contributed by atoms with van der Waals surface area (Å²) in [7, 11) is 3.29. The highest BCUT2D eigenvalue weighted by Crippen LogP contribution is 1.98. The Balaban J connectivity index is 3.70. The van der Waals surface area contributed by atoms with Gasteiger partial charge in [0.05, 0.1) is 13.1 Å². The minimum absolute atomic E-state index is 0.0258. The van der Waals surface area contributed by atoms with Gasteiger partial charge in [-0.25, -0.2) is 0 Å². The number of rotatable bonds is 9. The predicted molar refractivity (Wildman–Crippen MR) is 64.4 cm³/mol. The van der Waals surface area contributed by atoms with E-state index in [0.717, 1.165) is 0 Å². The van der Waals surface area contributed by atoms with E-state index in [-0.39, 0.29) is 24.8 Å². The second-order valence-electron chi connectivity index (χ2n) is 3.73. The van der Waals surface area contributed by atoms with E-state index in [1.807, 2.05) is 0 Å². The lowest BCUT2D eigenvalue weighted by Gasteiger charge is -2.15. The molecule has 0 aliphatic carbocycles. The van der Waals surface area contributed by atoms with Crippen molar-refractivity contribution in [2.45, 2.75) is 19.3 Å². The molecule has 0 fully saturated rings. The Kier molecular flexibility index (Phi) is 8.72. The molecule has 0 atom stereocenters. The van der Waals surface area contributed by atoms with Crippen molar-refractivity contribution in [3.05, 3.63) is 10.4 Å². The van der Waals surface area contributed by atoms with Gasteiger partial charge in [-0.15, -0.1) is 0 Å². The average Bonchev–Trinajstić information content (AvgIpc) is 2.29. The summed E-state index contributed by atoms with van der Waals surface area (Å²) in [5.41, 5.74) is 8.05. The Labute approximate surface area is 101 Å². The highest BCUT2D eigenvalue weighted by atomic mass is 16.2. The van der Waals surface area contributed by atoms with Crippen LogP contribution in [0, 0.1) is 0 Å². The van der Waals surface area contributed by atoms with Crippen LogP contribution in [0.3, 0.4) is 0 Å². The fourth-order valence-corrected chi connectivity index (χ4v) is 1.27. The van der Waals surface area contributed by atoms with Crippen LogP contribution in [0.15, 0.2) is 5.11 Å². The molecule has 0 radical (unpaired) electrons. The summed E-state index contributed by atoms with van der Waals surface area (Å²) < 4.78 is 0. The van der Waals surface area contributed by atoms with Crippen molar-refractivity contribution < 1.29 is 9.59 Å². The molecule has 1 amide bonds. The molecule has 7 heteroatoms. The largest absolute Gasteiger partial charge is 0.337 e. The number of hydrogen-bond donors (Lipinski definition) is 1. The van der Waals surface area contributed by atoms with Crippen LogP contribution in [-0.2, 0) is 9.59 Å². The number of unbranched alkanes of at least 4 members (excludes halogenated alkanes) is 1. The molecule has 0 aliphatic rings. The lowest BCUT2D eigenvalue weighted by atomic mass is 10.1. The number of nitrogens with one attached hydrogen (secondary N) is 1. The molecule has 0 spiro atoms. The normalized spacial score (nSPS) is 9.53. The topological polar surface area (TPSA) is 98.2 Å². The van der Waals surface area contributed by atoms with Gasteiger partial charge < -0.3 is 10.2 Å². The summed E-state index contributed by atoms with van der Waals surface area (Å²) in [5.74, 6) is -0.0761. The van der Waals surface area contributed by atoms with Crippen molar-refractivity contribution in [3.8, 4) is 0 Å². The van der Waals surface area contributed by atoms with E-state index in [9.17, 15) is 9.59 Å². The van der Waals surface area contributed by atoms with E-state index in [0.29, 0.717) is 25.8 Å². The van der Waals surface area contributed by atoms with Crippen molar-refractivity contribution in [3.63, 3.8) is 0 Å². The van der Waals surface area contributed by atoms with Crippen molar-refractivity contribution >= 4 is 11.7 Å². The fraction of sp³-hybridized carbons (Fsp3) is 0.800. The summed E-state index contributed by atoms with van der Waals surface area (Å²) in [4.78, 5) is 26.9. The highest BCUT2D eigenvalue weighted by molar-refractivity contribution is 5.86. The molecular weight excluding hydrogens is 222 g/mol. The Morgan fingerprint density at radius 2 is 2.12 bits per heavy atom. The maximum atomic E-state index is 11.5. The minimum atomic E-state index is -0.102. The van der Waals surface area contributed by atoms with Gasteiger partial charge in [0.1, 0.15) is 0 Å². The van der Waals surface area contributed by atoms with Gasteiger partial charge in [0.2, 0.25) is 5.91 Å². The molecule has 0 heterocycles. The molecular formula is C10H19N5O2. The molecule has 0 unspecified atom stereocenters. The first kappa shape index (κ1) is 15.4. The monoisotopic (exact) mass is 241 g/mol. The third-order valence-electron chi connectivity index (χ3n) is 2.19. The van der Waals surface area contributed by atoms with E-state index >= 15 is 0 Å². The Morgan fingerprint density at radius 1 is 1.41 bits per heavy atom. The zero-order chi connectivity index (χ0) is 13.1. The SMILES string of the molecule is CNCC(=O)N(C)CC(=O)CCCCN=[N+]=[N-]. The first-order chi connectivity index (χ1) is 8.11. The van der Waals surface area contributed by atoms with E-state index in [1.165, 1.54) is 4.90 Å². The third-order valence-corrected chi connectivity index (χ3v) is 2.19. The van der Waals surface area contributed by atoms with Crippen LogP contribution >= 0.6 is 0 Å². The first-order valence-electron chi connectivity index (χ1n) is 5.53. The number of carbonyl (C=O) groups is 2. The van der Waals surface area contributed by atoms with Crippen LogP contribution < -0.4 is 5.32 Å². The van der Waals surface area contributed by atoms with Gasteiger partial charge in [0.15, 0.2) is 5.78 Å². The maximum absolute atomic E-state index is 11.5. The maximum Gasteiger partial charge on any atom is 0.236 e. The number of carbonyl (C=O) groups excluding carboxylic acids is 2. The molecule has 0 saturated carbocycles. The summed E-state index contributed by atoms with van der Waals surface area (Å²) in [5, 5.41) is 6.12. The van der Waals surface area contributed by atoms with Crippen LogP contribution in [0.5, 0.6) is 0 Å². The van der Waals surface area contributed by atoms with Gasteiger partial charge in [0.25, 0.3) is 0 Å². The number of azide groups is 1. The minimum Gasteiger partial charge on any atom is -0.337 e. The van der Waals surface area contributed by atoms with Crippen LogP contribution in [0.1, 0.15) is 19.3 Å². The van der Waals surface area contributed by atoms with Gasteiger partial charge in [-0.2, -0.15) is 0 Å². The molecule has 0 aromatic rings. The Morgan fingerprint density at radius 3 is 2.71 bits per heavy atom. The summed E-state index contributed by atoms with van der Waals surface area (Å²) in [6, 6.07) is 0. The van der Waals surface area contributed by atoms with E-state index in [1.54, 1.807) is 14.1 Å². The molecule has 7 nitrogen and oxygen atoms in total. The van der Waals surface area contributed by atoms with Crippen LogP contribution in [-0.4, -0.2) is 50.3 Å². The van der Waals surface area contributed by atoms with E-state index in [2.05, 4.69) is 15.3 Å². The molecule has 17 heavy (non-hydrogen) atoms. The standard InChI is InChI=1S/C10H19N5O2/c1-12-7-10(17)15(2)8-9(16)5-3-4-6-13-14-11/h12H,3-8H2,1-2H3. The van der Waals surface area contributed by atoms with Crippen molar-refractivity contribution in [1.29, 1.82) is 0 Å². The third kappa shape index (κ3) is 8.24. The number of Topliss-reactive ketones (excluding diaryl/α,β-unsaturated/α-hetero) is 1. The van der Waals surface area contributed by atoms with Crippen LogP contribution in [0.4, 0.5) is 0 Å². The second-order valence-corrected chi connectivity index (χ2v) is 3.73. The van der Waals surface area contributed by atoms with Gasteiger partial charge in [0, 0.05) is 24.9 Å². The summed E-state index contributed by atoms with van der Waals surface area (Å²) in [6.45, 7) is 0.793. The molecule has 0 aromatic heterocycles. The summed E-state index contributed by atoms with van der Waals surface area (Å²) in [6.07, 6.45) is 1.80. The quantitative estimate of drug-likeness (QED) is 0.278. The number of amides is 1. The molecule has 0 saturated heterocycles. The van der Waals surface area contributed by atoms with Gasteiger partial charge in [-0.05, 0) is 25.4 Å². The fourth-order valence-electron chi connectivity index (χ4n) is 1.27. The lowest BCUT2D eigenvalue weighted by molar-refractivity contribution is -0.133. The first-order valence-corrected chi connectivity index (χ1v) is 5.53. The lowest BCUT2D eigenvalue weighted by Crippen LogP contribution is -2.37. The molecule has 1 N–H and O–H groups in total. The smallest absolute Gasteiger partial charge is 0.236 e. The van der Waals surface area contributed by atoms with E-state index in [4.69, 9.17) is 5.53 Å². The molecule has 0 aromatic carbocycles. The highest BCUT2D eigenvalue weighted by Gasteiger charge is 2.11.